The number of carbonyl (C=O) groups is 1. The molecule has 2 fully saturated rings. The molecule has 1 aliphatic heterocycles. The number of rotatable bonds is 5. The largest absolute Gasteiger partial charge is 0.339 e. The van der Waals surface area contributed by atoms with Crippen molar-refractivity contribution in [1.29, 1.82) is 0 Å². The third-order valence-electron chi connectivity index (χ3n) is 6.10. The van der Waals surface area contributed by atoms with E-state index in [1.807, 2.05) is 42.3 Å². The first-order chi connectivity index (χ1) is 14.0. The third-order valence-corrected chi connectivity index (χ3v) is 9.60. The van der Waals surface area contributed by atoms with Crippen LogP contribution in [0.2, 0.25) is 0 Å². The second-order valence-corrected chi connectivity index (χ2v) is 11.3. The molecule has 1 aliphatic carbocycles. The van der Waals surface area contributed by atoms with Crippen LogP contribution in [0.3, 0.4) is 0 Å². The molecule has 0 spiro atoms. The Balaban J connectivity index is 1.48. The van der Waals surface area contributed by atoms with Crippen molar-refractivity contribution >= 4 is 27.3 Å². The van der Waals surface area contributed by atoms with Gasteiger partial charge in [0.25, 0.3) is 15.9 Å². The smallest absolute Gasteiger partial charge is 0.253 e. The Morgan fingerprint density at radius 1 is 0.966 bits per heavy atom. The minimum atomic E-state index is -3.38. The highest BCUT2D eigenvalue weighted by Gasteiger charge is 2.28. The van der Waals surface area contributed by atoms with Gasteiger partial charge in [0.2, 0.25) is 0 Å². The summed E-state index contributed by atoms with van der Waals surface area (Å²) < 4.78 is 27.4. The zero-order chi connectivity index (χ0) is 20.4. The summed E-state index contributed by atoms with van der Waals surface area (Å²) in [7, 11) is -1.48. The molecular weight excluding hydrogens is 404 g/mol. The van der Waals surface area contributed by atoms with E-state index in [1.54, 1.807) is 10.4 Å². The fourth-order valence-corrected chi connectivity index (χ4v) is 7.27. The molecule has 0 bridgehead atoms. The number of nitrogens with zero attached hydrogens (tertiary/aromatic N) is 2. The Morgan fingerprint density at radius 3 is 2.28 bits per heavy atom. The molecule has 0 atom stereocenters. The Labute approximate surface area is 177 Å². The first kappa shape index (κ1) is 20.6. The number of amides is 1. The van der Waals surface area contributed by atoms with Gasteiger partial charge in [-0.05, 0) is 55.5 Å². The minimum absolute atomic E-state index is 0.0620. The van der Waals surface area contributed by atoms with E-state index < -0.39 is 10.0 Å². The standard InChI is InChI=1S/C22H28N2O3S2/c1-23(19-7-3-2-4-8-19)22(25)18-11-9-17(10-12-18)20-13-14-21(28-20)29(26,27)24-15-5-6-16-24/h9-14,19H,2-8,15-16H2,1H3. The van der Waals surface area contributed by atoms with Gasteiger partial charge in [-0.25, -0.2) is 8.42 Å². The van der Waals surface area contributed by atoms with Crippen LogP contribution in [0.4, 0.5) is 0 Å². The summed E-state index contributed by atoms with van der Waals surface area (Å²) in [5, 5.41) is 0. The Kier molecular flexibility index (Phi) is 6.08. The van der Waals surface area contributed by atoms with Crippen LogP contribution in [0.25, 0.3) is 10.4 Å². The van der Waals surface area contributed by atoms with Crippen LogP contribution in [0.5, 0.6) is 0 Å². The zero-order valence-corrected chi connectivity index (χ0v) is 18.5. The normalized spacial score (nSPS) is 18.8. The molecule has 2 heterocycles. The number of hydrogen-bond donors (Lipinski definition) is 0. The van der Waals surface area contributed by atoms with Gasteiger partial charge in [-0.1, -0.05) is 31.4 Å². The summed E-state index contributed by atoms with van der Waals surface area (Å²) in [5.41, 5.74) is 1.62. The van der Waals surface area contributed by atoms with Crippen LogP contribution < -0.4 is 0 Å². The topological polar surface area (TPSA) is 57.7 Å². The van der Waals surface area contributed by atoms with Crippen LogP contribution in [0.15, 0.2) is 40.6 Å². The summed E-state index contributed by atoms with van der Waals surface area (Å²) in [4.78, 5) is 15.6. The molecule has 29 heavy (non-hydrogen) atoms. The van der Waals surface area contributed by atoms with Gasteiger partial charge in [0.1, 0.15) is 4.21 Å². The highest BCUT2D eigenvalue weighted by Crippen LogP contribution is 2.33. The van der Waals surface area contributed by atoms with Crippen molar-refractivity contribution in [2.45, 2.75) is 55.2 Å². The highest BCUT2D eigenvalue weighted by atomic mass is 32.2. The molecule has 1 saturated heterocycles. The van der Waals surface area contributed by atoms with E-state index in [1.165, 1.54) is 30.6 Å². The molecule has 2 aromatic rings. The van der Waals surface area contributed by atoms with Crippen molar-refractivity contribution in [3.63, 3.8) is 0 Å². The van der Waals surface area contributed by atoms with Gasteiger partial charge >= 0.3 is 0 Å². The summed E-state index contributed by atoms with van der Waals surface area (Å²) in [6.07, 6.45) is 7.70. The second-order valence-electron chi connectivity index (χ2n) is 8.02. The lowest BCUT2D eigenvalue weighted by Crippen LogP contribution is -2.38. The number of sulfonamides is 1. The van der Waals surface area contributed by atoms with Gasteiger partial charge in [-0.3, -0.25) is 4.79 Å². The summed E-state index contributed by atoms with van der Waals surface area (Å²) in [6, 6.07) is 11.4. The lowest BCUT2D eigenvalue weighted by Gasteiger charge is -2.31. The highest BCUT2D eigenvalue weighted by molar-refractivity contribution is 7.91. The Hall–Kier alpha value is -1.70. The molecule has 0 N–H and O–H groups in total. The van der Waals surface area contributed by atoms with Crippen LogP contribution in [-0.4, -0.2) is 49.7 Å². The van der Waals surface area contributed by atoms with Gasteiger partial charge < -0.3 is 4.90 Å². The molecule has 2 aliphatic rings. The van der Waals surface area contributed by atoms with Crippen molar-refractivity contribution in [3.05, 3.63) is 42.0 Å². The number of thiophene rings is 1. The molecule has 4 rings (SSSR count). The molecule has 1 saturated carbocycles. The summed E-state index contributed by atoms with van der Waals surface area (Å²) >= 11 is 1.30. The fraction of sp³-hybridized carbons (Fsp3) is 0.500. The van der Waals surface area contributed by atoms with E-state index >= 15 is 0 Å². The maximum Gasteiger partial charge on any atom is 0.253 e. The van der Waals surface area contributed by atoms with Gasteiger partial charge in [0, 0.05) is 36.6 Å². The maximum absolute atomic E-state index is 12.8. The van der Waals surface area contributed by atoms with Crippen molar-refractivity contribution in [1.82, 2.24) is 9.21 Å². The molecular formula is C22H28N2O3S2. The summed E-state index contributed by atoms with van der Waals surface area (Å²) in [6.45, 7) is 1.22. The molecule has 0 unspecified atom stereocenters. The first-order valence-corrected chi connectivity index (χ1v) is 12.7. The molecule has 1 aromatic carbocycles. The molecule has 1 amide bonds. The van der Waals surface area contributed by atoms with E-state index in [-0.39, 0.29) is 5.91 Å². The van der Waals surface area contributed by atoms with E-state index in [0.29, 0.717) is 28.9 Å². The number of carbonyl (C=O) groups excluding carboxylic acids is 1. The fourth-order valence-electron chi connectivity index (χ4n) is 4.28. The predicted octanol–water partition coefficient (Wildman–Crippen LogP) is 4.60. The molecule has 0 radical (unpaired) electrons. The third kappa shape index (κ3) is 4.27. The van der Waals surface area contributed by atoms with Crippen molar-refractivity contribution < 1.29 is 13.2 Å². The van der Waals surface area contributed by atoms with Crippen LogP contribution in [0, 0.1) is 0 Å². The second kappa shape index (κ2) is 8.58. The quantitative estimate of drug-likeness (QED) is 0.694. The van der Waals surface area contributed by atoms with Gasteiger partial charge in [0.05, 0.1) is 0 Å². The summed E-state index contributed by atoms with van der Waals surface area (Å²) in [5.74, 6) is 0.0620. The molecule has 7 heteroatoms. The van der Waals surface area contributed by atoms with Crippen LogP contribution >= 0.6 is 11.3 Å². The minimum Gasteiger partial charge on any atom is -0.339 e. The van der Waals surface area contributed by atoms with E-state index in [4.69, 9.17) is 0 Å². The van der Waals surface area contributed by atoms with E-state index in [2.05, 4.69) is 0 Å². The average Bonchev–Trinajstić information content (AvgIpc) is 3.46. The number of benzene rings is 1. The van der Waals surface area contributed by atoms with Crippen molar-refractivity contribution in [2.24, 2.45) is 0 Å². The SMILES string of the molecule is CN(C(=O)c1ccc(-c2ccc(S(=O)(=O)N3CCCC3)s2)cc1)C1CCCCC1. The monoisotopic (exact) mass is 432 g/mol. The van der Waals surface area contributed by atoms with Crippen LogP contribution in [0.1, 0.15) is 55.3 Å². The van der Waals surface area contributed by atoms with Crippen molar-refractivity contribution in [3.8, 4) is 10.4 Å². The lowest BCUT2D eigenvalue weighted by molar-refractivity contribution is 0.0696. The molecule has 1 aromatic heterocycles. The predicted molar refractivity (Wildman–Crippen MR) is 117 cm³/mol. The first-order valence-electron chi connectivity index (χ1n) is 10.4. The average molecular weight is 433 g/mol. The lowest BCUT2D eigenvalue weighted by atomic mass is 9.94. The zero-order valence-electron chi connectivity index (χ0n) is 16.8. The van der Waals surface area contributed by atoms with Gasteiger partial charge in [-0.2, -0.15) is 4.31 Å². The molecule has 156 valence electrons. The number of hydrogen-bond acceptors (Lipinski definition) is 4. The van der Waals surface area contributed by atoms with E-state index in [9.17, 15) is 13.2 Å². The Morgan fingerprint density at radius 2 is 1.62 bits per heavy atom. The van der Waals surface area contributed by atoms with E-state index in [0.717, 1.165) is 36.1 Å². The van der Waals surface area contributed by atoms with Gasteiger partial charge in [0.15, 0.2) is 0 Å². The van der Waals surface area contributed by atoms with Crippen molar-refractivity contribution in [2.75, 3.05) is 20.1 Å². The molecule has 5 nitrogen and oxygen atoms in total. The van der Waals surface area contributed by atoms with Crippen LogP contribution in [-0.2, 0) is 10.0 Å². The van der Waals surface area contributed by atoms with Gasteiger partial charge in [-0.15, -0.1) is 11.3 Å². The maximum atomic E-state index is 12.8. The Bertz CT molecular complexity index is 954.